The van der Waals surface area contributed by atoms with Crippen molar-refractivity contribution >= 4 is 46.8 Å². The van der Waals surface area contributed by atoms with E-state index in [2.05, 4.69) is 10.9 Å². The van der Waals surface area contributed by atoms with Crippen LogP contribution in [0.15, 0.2) is 47.4 Å². The molecule has 0 fully saturated rings. The molecule has 0 unspecified atom stereocenters. The SMILES string of the molecule is O=C(CSc1ccccc1F)NNC(=O)c1ccc(Cl)c(Cl)c1. The molecule has 120 valence electrons. The summed E-state index contributed by atoms with van der Waals surface area (Å²) < 4.78 is 13.4. The van der Waals surface area contributed by atoms with Crippen molar-refractivity contribution in [2.24, 2.45) is 0 Å². The number of nitrogens with one attached hydrogen (secondary N) is 2. The van der Waals surface area contributed by atoms with Gasteiger partial charge < -0.3 is 0 Å². The zero-order valence-electron chi connectivity index (χ0n) is 11.6. The molecule has 0 aliphatic carbocycles. The Morgan fingerprint density at radius 2 is 1.78 bits per heavy atom. The van der Waals surface area contributed by atoms with Crippen LogP contribution in [-0.2, 0) is 4.79 Å². The molecule has 23 heavy (non-hydrogen) atoms. The van der Waals surface area contributed by atoms with Crippen LogP contribution in [0.2, 0.25) is 10.0 Å². The van der Waals surface area contributed by atoms with E-state index in [-0.39, 0.29) is 16.3 Å². The third kappa shape index (κ3) is 5.13. The van der Waals surface area contributed by atoms with Gasteiger partial charge in [0.15, 0.2) is 0 Å². The topological polar surface area (TPSA) is 58.2 Å². The summed E-state index contributed by atoms with van der Waals surface area (Å²) in [5.41, 5.74) is 4.75. The monoisotopic (exact) mass is 372 g/mol. The molecule has 2 amide bonds. The van der Waals surface area contributed by atoms with E-state index < -0.39 is 17.6 Å². The predicted molar refractivity (Wildman–Crippen MR) is 89.2 cm³/mol. The molecule has 0 atom stereocenters. The minimum atomic E-state index is -0.534. The second-order valence-electron chi connectivity index (χ2n) is 4.35. The zero-order chi connectivity index (χ0) is 16.8. The number of carbonyl (C=O) groups excluding carboxylic acids is 2. The minimum Gasteiger partial charge on any atom is -0.272 e. The average molecular weight is 373 g/mol. The summed E-state index contributed by atoms with van der Waals surface area (Å²) in [5.74, 6) is -1.44. The summed E-state index contributed by atoms with van der Waals surface area (Å²) in [4.78, 5) is 23.9. The fourth-order valence-electron chi connectivity index (χ4n) is 1.58. The average Bonchev–Trinajstić information content (AvgIpc) is 2.54. The number of halogens is 3. The molecule has 0 spiro atoms. The summed E-state index contributed by atoms with van der Waals surface area (Å²) in [7, 11) is 0. The molecule has 0 saturated carbocycles. The maximum absolute atomic E-state index is 13.4. The van der Waals surface area contributed by atoms with Crippen LogP contribution < -0.4 is 10.9 Å². The molecule has 2 N–H and O–H groups in total. The van der Waals surface area contributed by atoms with Gasteiger partial charge in [-0.25, -0.2) is 4.39 Å². The summed E-state index contributed by atoms with van der Waals surface area (Å²) in [6.45, 7) is 0. The van der Waals surface area contributed by atoms with E-state index in [0.29, 0.717) is 9.92 Å². The van der Waals surface area contributed by atoms with Gasteiger partial charge in [-0.15, -0.1) is 11.8 Å². The Morgan fingerprint density at radius 1 is 1.04 bits per heavy atom. The Balaban J connectivity index is 1.83. The first kappa shape index (κ1) is 17.6. The van der Waals surface area contributed by atoms with E-state index in [1.807, 2.05) is 0 Å². The second kappa shape index (κ2) is 8.19. The predicted octanol–water partition coefficient (Wildman–Crippen LogP) is 3.69. The minimum absolute atomic E-state index is 0.0391. The fourth-order valence-corrected chi connectivity index (χ4v) is 2.61. The van der Waals surface area contributed by atoms with Gasteiger partial charge in [-0.2, -0.15) is 0 Å². The van der Waals surface area contributed by atoms with Crippen molar-refractivity contribution in [3.05, 3.63) is 63.9 Å². The number of hydrogen-bond donors (Lipinski definition) is 2. The van der Waals surface area contributed by atoms with Gasteiger partial charge in [0.1, 0.15) is 5.82 Å². The Kier molecular flexibility index (Phi) is 6.27. The summed E-state index contributed by atoms with van der Waals surface area (Å²) >= 11 is 12.6. The van der Waals surface area contributed by atoms with E-state index >= 15 is 0 Å². The van der Waals surface area contributed by atoms with Gasteiger partial charge in [0, 0.05) is 10.5 Å². The van der Waals surface area contributed by atoms with Crippen LogP contribution in [0.25, 0.3) is 0 Å². The number of carbonyl (C=O) groups is 2. The first-order chi connectivity index (χ1) is 11.0. The number of hydrogen-bond acceptors (Lipinski definition) is 3. The highest BCUT2D eigenvalue weighted by molar-refractivity contribution is 8.00. The molecule has 0 radical (unpaired) electrons. The molecule has 8 heteroatoms. The van der Waals surface area contributed by atoms with Gasteiger partial charge in [-0.3, -0.25) is 20.4 Å². The highest BCUT2D eigenvalue weighted by Crippen LogP contribution is 2.22. The lowest BCUT2D eigenvalue weighted by Crippen LogP contribution is -2.42. The first-order valence-electron chi connectivity index (χ1n) is 6.39. The smallest absolute Gasteiger partial charge is 0.269 e. The van der Waals surface area contributed by atoms with Crippen LogP contribution in [0.5, 0.6) is 0 Å². The van der Waals surface area contributed by atoms with Crippen molar-refractivity contribution in [1.29, 1.82) is 0 Å². The Morgan fingerprint density at radius 3 is 2.48 bits per heavy atom. The third-order valence-corrected chi connectivity index (χ3v) is 4.48. The van der Waals surface area contributed by atoms with E-state index in [1.165, 1.54) is 24.3 Å². The fraction of sp³-hybridized carbons (Fsp3) is 0.0667. The number of rotatable bonds is 4. The Hall–Kier alpha value is -1.76. The molecule has 0 saturated heterocycles. The van der Waals surface area contributed by atoms with Crippen LogP contribution in [0.4, 0.5) is 4.39 Å². The van der Waals surface area contributed by atoms with Crippen LogP contribution in [0, 0.1) is 5.82 Å². The van der Waals surface area contributed by atoms with Crippen molar-refractivity contribution < 1.29 is 14.0 Å². The van der Waals surface area contributed by atoms with Crippen LogP contribution in [0.3, 0.4) is 0 Å². The highest BCUT2D eigenvalue weighted by Gasteiger charge is 2.10. The number of hydrazine groups is 1. The lowest BCUT2D eigenvalue weighted by atomic mass is 10.2. The van der Waals surface area contributed by atoms with E-state index in [0.717, 1.165) is 11.8 Å². The molecular formula is C15H11Cl2FN2O2S. The maximum atomic E-state index is 13.4. The number of amides is 2. The molecule has 2 aromatic rings. The maximum Gasteiger partial charge on any atom is 0.269 e. The Labute approximate surface area is 146 Å². The van der Waals surface area contributed by atoms with E-state index in [4.69, 9.17) is 23.2 Å². The molecule has 4 nitrogen and oxygen atoms in total. The van der Waals surface area contributed by atoms with Gasteiger partial charge in [0.25, 0.3) is 5.91 Å². The highest BCUT2D eigenvalue weighted by atomic mass is 35.5. The summed E-state index contributed by atoms with van der Waals surface area (Å²) in [6, 6.07) is 10.5. The number of benzene rings is 2. The van der Waals surface area contributed by atoms with E-state index in [1.54, 1.807) is 18.2 Å². The number of thioether (sulfide) groups is 1. The first-order valence-corrected chi connectivity index (χ1v) is 8.13. The van der Waals surface area contributed by atoms with Crippen molar-refractivity contribution in [2.45, 2.75) is 4.90 Å². The quantitative estimate of drug-likeness (QED) is 0.635. The Bertz CT molecular complexity index is 743. The van der Waals surface area contributed by atoms with Gasteiger partial charge in [-0.05, 0) is 30.3 Å². The van der Waals surface area contributed by atoms with Gasteiger partial charge in [0.2, 0.25) is 5.91 Å². The van der Waals surface area contributed by atoms with Gasteiger partial charge in [-0.1, -0.05) is 35.3 Å². The lowest BCUT2D eigenvalue weighted by Gasteiger charge is -2.08. The van der Waals surface area contributed by atoms with Crippen LogP contribution in [0.1, 0.15) is 10.4 Å². The zero-order valence-corrected chi connectivity index (χ0v) is 13.9. The standard InChI is InChI=1S/C15H11Cl2FN2O2S/c16-10-6-5-9(7-11(10)17)15(22)20-19-14(21)8-23-13-4-2-1-3-12(13)18/h1-7H,8H2,(H,19,21)(H,20,22). The van der Waals surface area contributed by atoms with Crippen molar-refractivity contribution in [1.82, 2.24) is 10.9 Å². The third-order valence-electron chi connectivity index (χ3n) is 2.69. The van der Waals surface area contributed by atoms with Crippen LogP contribution >= 0.6 is 35.0 Å². The molecule has 2 aromatic carbocycles. The van der Waals surface area contributed by atoms with Crippen molar-refractivity contribution in [3.63, 3.8) is 0 Å². The summed E-state index contributed by atoms with van der Waals surface area (Å²) in [5, 5.41) is 0.564. The van der Waals surface area contributed by atoms with E-state index in [9.17, 15) is 14.0 Å². The van der Waals surface area contributed by atoms with Crippen LogP contribution in [-0.4, -0.2) is 17.6 Å². The molecule has 0 heterocycles. The van der Waals surface area contributed by atoms with Gasteiger partial charge in [0.05, 0.1) is 15.8 Å². The molecule has 0 bridgehead atoms. The lowest BCUT2D eigenvalue weighted by molar-refractivity contribution is -0.119. The molecule has 2 rings (SSSR count). The normalized spacial score (nSPS) is 10.2. The molecule has 0 aliphatic heterocycles. The van der Waals surface area contributed by atoms with Crippen molar-refractivity contribution in [3.8, 4) is 0 Å². The largest absolute Gasteiger partial charge is 0.272 e. The second-order valence-corrected chi connectivity index (χ2v) is 6.18. The molecule has 0 aromatic heterocycles. The van der Waals surface area contributed by atoms with Gasteiger partial charge >= 0.3 is 0 Å². The summed E-state index contributed by atoms with van der Waals surface area (Å²) in [6.07, 6.45) is 0. The van der Waals surface area contributed by atoms with Crippen molar-refractivity contribution in [2.75, 3.05) is 5.75 Å². The molecular weight excluding hydrogens is 362 g/mol. The molecule has 0 aliphatic rings.